The smallest absolute Gasteiger partial charge is 0.182 e. The number of aryl methyl sites for hydroxylation is 1. The molecule has 0 spiro atoms. The Balaban J connectivity index is 2.45. The van der Waals surface area contributed by atoms with Crippen molar-refractivity contribution in [2.75, 3.05) is 5.73 Å². The number of nitrogen functional groups attached to an aromatic ring is 1. The summed E-state index contributed by atoms with van der Waals surface area (Å²) in [5, 5.41) is 6.00. The molecule has 0 saturated heterocycles. The molecule has 17 heavy (non-hydrogen) atoms. The average molecular weight is 250 g/mol. The van der Waals surface area contributed by atoms with E-state index in [-0.39, 0.29) is 0 Å². The van der Waals surface area contributed by atoms with E-state index in [1.807, 2.05) is 0 Å². The van der Waals surface area contributed by atoms with Crippen molar-refractivity contribution >= 4 is 17.2 Å². The maximum Gasteiger partial charge on any atom is 0.182 e. The van der Waals surface area contributed by atoms with Gasteiger partial charge in [0.15, 0.2) is 11.6 Å². The van der Waals surface area contributed by atoms with E-state index in [9.17, 15) is 0 Å². The molecule has 2 aromatic heterocycles. The Morgan fingerprint density at radius 2 is 2.24 bits per heavy atom. The molecule has 0 radical (unpaired) electrons. The van der Waals surface area contributed by atoms with Crippen molar-refractivity contribution in [1.82, 2.24) is 5.16 Å². The van der Waals surface area contributed by atoms with Crippen LogP contribution in [0.3, 0.4) is 0 Å². The summed E-state index contributed by atoms with van der Waals surface area (Å²) in [7, 11) is 0. The van der Waals surface area contributed by atoms with Gasteiger partial charge in [-0.25, -0.2) is 0 Å². The van der Waals surface area contributed by atoms with Crippen molar-refractivity contribution in [2.24, 2.45) is 5.92 Å². The van der Waals surface area contributed by atoms with Crippen LogP contribution in [0.5, 0.6) is 0 Å². The number of aromatic nitrogens is 1. The normalized spacial score (nSPS) is 11.3. The van der Waals surface area contributed by atoms with Crippen molar-refractivity contribution in [1.29, 1.82) is 0 Å². The fraction of sp³-hybridized carbons (Fsp3) is 0.462. The van der Waals surface area contributed by atoms with Gasteiger partial charge in [0.05, 0.1) is 4.88 Å². The van der Waals surface area contributed by atoms with Crippen LogP contribution >= 0.6 is 11.3 Å². The molecule has 2 rings (SSSR count). The summed E-state index contributed by atoms with van der Waals surface area (Å²) in [4.78, 5) is 1.17. The van der Waals surface area contributed by atoms with Gasteiger partial charge in [0, 0.05) is 5.56 Å². The molecule has 0 aliphatic rings. The van der Waals surface area contributed by atoms with Crippen LogP contribution in [0, 0.1) is 5.92 Å². The van der Waals surface area contributed by atoms with Gasteiger partial charge in [0.25, 0.3) is 0 Å². The summed E-state index contributed by atoms with van der Waals surface area (Å²) in [6.45, 7) is 6.49. The fourth-order valence-corrected chi connectivity index (χ4v) is 2.92. The Bertz CT molecular complexity index is 499. The highest BCUT2D eigenvalue weighted by Gasteiger charge is 2.19. The molecular formula is C13H18N2OS. The van der Waals surface area contributed by atoms with Crippen LogP contribution in [0.1, 0.15) is 31.9 Å². The first-order valence-electron chi connectivity index (χ1n) is 5.94. The van der Waals surface area contributed by atoms with E-state index in [0.29, 0.717) is 11.7 Å². The van der Waals surface area contributed by atoms with Crippen molar-refractivity contribution in [3.05, 3.63) is 22.6 Å². The van der Waals surface area contributed by atoms with Crippen molar-refractivity contribution in [3.63, 3.8) is 0 Å². The van der Waals surface area contributed by atoms with E-state index in [0.717, 1.165) is 24.2 Å². The van der Waals surface area contributed by atoms with E-state index >= 15 is 0 Å². The van der Waals surface area contributed by atoms with E-state index in [1.165, 1.54) is 10.4 Å². The molecule has 4 heteroatoms. The first kappa shape index (κ1) is 12.2. The summed E-state index contributed by atoms with van der Waals surface area (Å²) in [5.41, 5.74) is 8.24. The maximum atomic E-state index is 5.89. The van der Waals surface area contributed by atoms with Crippen molar-refractivity contribution in [2.45, 2.75) is 33.6 Å². The fourth-order valence-electron chi connectivity index (χ4n) is 1.92. The first-order chi connectivity index (χ1) is 8.13. The van der Waals surface area contributed by atoms with Crippen LogP contribution in [-0.2, 0) is 12.8 Å². The monoisotopic (exact) mass is 250 g/mol. The van der Waals surface area contributed by atoms with Crippen LogP contribution in [0.15, 0.2) is 16.0 Å². The van der Waals surface area contributed by atoms with Gasteiger partial charge in [-0.2, -0.15) is 0 Å². The Hall–Kier alpha value is -1.29. The lowest BCUT2D eigenvalue weighted by Gasteiger charge is -2.05. The lowest BCUT2D eigenvalue weighted by atomic mass is 10.0. The molecule has 0 fully saturated rings. The first-order valence-corrected chi connectivity index (χ1v) is 6.82. The molecule has 3 nitrogen and oxygen atoms in total. The highest BCUT2D eigenvalue weighted by Crippen LogP contribution is 2.35. The van der Waals surface area contributed by atoms with Gasteiger partial charge in [-0.05, 0) is 35.8 Å². The van der Waals surface area contributed by atoms with Crippen LogP contribution in [0.25, 0.3) is 10.6 Å². The van der Waals surface area contributed by atoms with Gasteiger partial charge < -0.3 is 10.3 Å². The molecule has 0 amide bonds. The molecule has 0 aliphatic heterocycles. The van der Waals surface area contributed by atoms with Crippen LogP contribution in [0.2, 0.25) is 0 Å². The lowest BCUT2D eigenvalue weighted by molar-refractivity contribution is 0.435. The van der Waals surface area contributed by atoms with Crippen molar-refractivity contribution in [3.8, 4) is 10.6 Å². The van der Waals surface area contributed by atoms with Gasteiger partial charge in [-0.1, -0.05) is 25.9 Å². The topological polar surface area (TPSA) is 52.0 Å². The second-order valence-electron chi connectivity index (χ2n) is 4.60. The highest BCUT2D eigenvalue weighted by molar-refractivity contribution is 7.13. The number of rotatable bonds is 4. The quantitative estimate of drug-likeness (QED) is 0.899. The lowest BCUT2D eigenvalue weighted by Crippen LogP contribution is -1.99. The van der Waals surface area contributed by atoms with Gasteiger partial charge >= 0.3 is 0 Å². The number of hydrogen-bond donors (Lipinski definition) is 1. The summed E-state index contributed by atoms with van der Waals surface area (Å²) in [6, 6.07) is 2.14. The molecule has 0 atom stereocenters. The Labute approximate surface area is 106 Å². The Morgan fingerprint density at radius 1 is 1.47 bits per heavy atom. The summed E-state index contributed by atoms with van der Waals surface area (Å²) < 4.78 is 5.42. The van der Waals surface area contributed by atoms with E-state index in [4.69, 9.17) is 10.3 Å². The van der Waals surface area contributed by atoms with Gasteiger partial charge in [0.2, 0.25) is 0 Å². The number of hydrogen-bond acceptors (Lipinski definition) is 4. The van der Waals surface area contributed by atoms with Crippen LogP contribution < -0.4 is 5.73 Å². The molecule has 0 unspecified atom stereocenters. The van der Waals surface area contributed by atoms with Crippen LogP contribution in [-0.4, -0.2) is 5.16 Å². The SMILES string of the molecule is CCc1ccsc1-c1onc(N)c1CC(C)C. The average Bonchev–Trinajstić information content (AvgIpc) is 2.86. The van der Waals surface area contributed by atoms with E-state index < -0.39 is 0 Å². The predicted molar refractivity (Wildman–Crippen MR) is 72.1 cm³/mol. The van der Waals surface area contributed by atoms with Crippen LogP contribution in [0.4, 0.5) is 5.82 Å². The minimum atomic E-state index is 0.532. The predicted octanol–water partition coefficient (Wildman–Crippen LogP) is 3.75. The third-order valence-electron chi connectivity index (χ3n) is 2.76. The Morgan fingerprint density at radius 3 is 2.88 bits per heavy atom. The molecule has 2 N–H and O–H groups in total. The molecule has 2 heterocycles. The second-order valence-corrected chi connectivity index (χ2v) is 5.52. The number of nitrogens with two attached hydrogens (primary N) is 1. The third kappa shape index (κ3) is 2.36. The molecule has 0 saturated carbocycles. The molecule has 0 bridgehead atoms. The molecular weight excluding hydrogens is 232 g/mol. The third-order valence-corrected chi connectivity index (χ3v) is 3.72. The summed E-state index contributed by atoms with van der Waals surface area (Å²) in [6.07, 6.45) is 1.91. The largest absolute Gasteiger partial charge is 0.381 e. The molecule has 2 aromatic rings. The van der Waals surface area contributed by atoms with Crippen molar-refractivity contribution < 1.29 is 4.52 Å². The maximum absolute atomic E-state index is 5.89. The summed E-state index contributed by atoms with van der Waals surface area (Å²) >= 11 is 1.69. The summed E-state index contributed by atoms with van der Waals surface area (Å²) in [5.74, 6) is 1.94. The molecule has 0 aliphatic carbocycles. The molecule has 92 valence electrons. The van der Waals surface area contributed by atoms with Gasteiger partial charge in [-0.3, -0.25) is 0 Å². The number of nitrogens with zero attached hydrogens (tertiary/aromatic N) is 1. The standard InChI is InChI=1S/C13H18N2OS/c1-4-9-5-6-17-12(9)11-10(7-8(2)3)13(14)15-16-11/h5-6,8H,4,7H2,1-3H3,(H2,14,15). The van der Waals surface area contributed by atoms with Gasteiger partial charge in [-0.15, -0.1) is 11.3 Å². The second kappa shape index (κ2) is 4.92. The number of thiophene rings is 1. The van der Waals surface area contributed by atoms with E-state index in [1.54, 1.807) is 11.3 Å². The minimum absolute atomic E-state index is 0.532. The molecule has 0 aromatic carbocycles. The minimum Gasteiger partial charge on any atom is -0.381 e. The highest BCUT2D eigenvalue weighted by atomic mass is 32.1. The Kier molecular flexibility index (Phi) is 3.52. The van der Waals surface area contributed by atoms with Gasteiger partial charge in [0.1, 0.15) is 0 Å². The zero-order chi connectivity index (χ0) is 12.4. The van der Waals surface area contributed by atoms with E-state index in [2.05, 4.69) is 37.4 Å². The number of anilines is 1. The zero-order valence-electron chi connectivity index (χ0n) is 10.5. The zero-order valence-corrected chi connectivity index (χ0v) is 11.3.